The van der Waals surface area contributed by atoms with Crippen molar-refractivity contribution in [1.29, 1.82) is 0 Å². The third-order valence-electron chi connectivity index (χ3n) is 0.780. The first-order valence-electron chi connectivity index (χ1n) is 2.28. The summed E-state index contributed by atoms with van der Waals surface area (Å²) in [5, 5.41) is 0.598. The summed E-state index contributed by atoms with van der Waals surface area (Å²) in [5.41, 5.74) is 0. The van der Waals surface area contributed by atoms with E-state index in [0.717, 1.165) is 3.51 Å². The smallest absolute Gasteiger partial charge is 0.139 e. The van der Waals surface area contributed by atoms with E-state index in [2.05, 4.69) is 4.99 Å². The number of halogens is 3. The lowest BCUT2D eigenvalue weighted by Gasteiger charge is -1.99. The van der Waals surface area contributed by atoms with Crippen LogP contribution in [0, 0.1) is 0 Å². The van der Waals surface area contributed by atoms with Crippen molar-refractivity contribution in [2.24, 2.45) is 4.99 Å². The molecule has 0 amide bonds. The average Bonchev–Trinajstić information content (AvgIpc) is 1.89. The summed E-state index contributed by atoms with van der Waals surface area (Å²) in [6.45, 7) is 0. The van der Waals surface area contributed by atoms with Gasteiger partial charge in [0.15, 0.2) is 0 Å². The van der Waals surface area contributed by atoms with Gasteiger partial charge in [0.25, 0.3) is 0 Å². The molecule has 1 nitrogen and oxygen atoms in total. The van der Waals surface area contributed by atoms with Gasteiger partial charge >= 0.3 is 0 Å². The van der Waals surface area contributed by atoms with Gasteiger partial charge in [0.1, 0.15) is 5.17 Å². The molecule has 0 aromatic rings. The third kappa shape index (κ3) is 2.02. The van der Waals surface area contributed by atoms with Gasteiger partial charge in [-0.3, -0.25) is 0 Å². The zero-order chi connectivity index (χ0) is 6.69. The molecule has 0 aromatic carbocycles. The number of rotatable bonds is 1. The zero-order valence-corrected chi connectivity index (χ0v) is 8.11. The molecule has 0 unspecified atom stereocenters. The van der Waals surface area contributed by atoms with Crippen LogP contribution in [0.25, 0.3) is 0 Å². The van der Waals surface area contributed by atoms with E-state index in [1.165, 1.54) is 0 Å². The highest BCUT2D eigenvalue weighted by Crippen LogP contribution is 2.12. The van der Waals surface area contributed by atoms with E-state index in [1.54, 1.807) is 6.20 Å². The molecule has 0 N–H and O–H groups in total. The lowest BCUT2D eigenvalue weighted by Crippen LogP contribution is -2.06. The van der Waals surface area contributed by atoms with E-state index in [9.17, 15) is 0 Å². The van der Waals surface area contributed by atoms with Gasteiger partial charge < -0.3 is 0 Å². The van der Waals surface area contributed by atoms with Crippen LogP contribution in [0.15, 0.2) is 15.3 Å². The Morgan fingerprint density at radius 2 is 2.44 bits per heavy atom. The molecule has 0 fully saturated rings. The van der Waals surface area contributed by atoms with Crippen LogP contribution in [-0.2, 0) is 0 Å². The van der Waals surface area contributed by atoms with Crippen LogP contribution in [-0.4, -0.2) is 14.6 Å². The lowest BCUT2D eigenvalue weighted by molar-refractivity contribution is 1.62. The Balaban J connectivity index is 2.83. The maximum Gasteiger partial charge on any atom is 0.139 e. The van der Waals surface area contributed by atoms with Gasteiger partial charge in [0.05, 0.1) is 5.88 Å². The van der Waals surface area contributed by atoms with E-state index in [-0.39, 0.29) is 20.7 Å². The van der Waals surface area contributed by atoms with Crippen LogP contribution < -0.4 is 0 Å². The van der Waals surface area contributed by atoms with Crippen LogP contribution in [0.1, 0.15) is 0 Å². The molecule has 1 aliphatic rings. The maximum atomic E-state index is 5.69. The maximum absolute atomic E-state index is 5.69. The lowest BCUT2D eigenvalue weighted by atomic mass is 10.5. The highest BCUT2D eigenvalue weighted by atomic mass is 127. The quantitative estimate of drug-likeness (QED) is 0.515. The molecule has 1 heterocycles. The predicted molar refractivity (Wildman–Crippen MR) is 52.2 cm³/mol. The number of alkyl halides is 1. The van der Waals surface area contributed by atoms with Crippen molar-refractivity contribution < 1.29 is 0 Å². The Bertz CT molecular complexity index is 195. The highest BCUT2D eigenvalue weighted by Gasteiger charge is 2.02. The fraction of sp³-hybridized carbons (Fsp3) is 0.200. The van der Waals surface area contributed by atoms with Crippen molar-refractivity contribution in [2.75, 3.05) is 5.88 Å². The Labute approximate surface area is 73.5 Å². The molecule has 4 heteroatoms. The summed E-state index contributed by atoms with van der Waals surface area (Å²) in [6, 6.07) is 0. The van der Waals surface area contributed by atoms with Crippen molar-refractivity contribution in [1.82, 2.24) is 0 Å². The summed E-state index contributed by atoms with van der Waals surface area (Å²) >= 11 is 11.2. The second-order valence-electron chi connectivity index (χ2n) is 1.34. The Hall–Kier alpha value is 0.590. The molecule has 50 valence electrons. The molecular formula is C5H4Cl2IN. The van der Waals surface area contributed by atoms with Crippen molar-refractivity contribution in [3.63, 3.8) is 0 Å². The average molecular weight is 276 g/mol. The summed E-state index contributed by atoms with van der Waals surface area (Å²) in [4.78, 5) is 3.89. The van der Waals surface area contributed by atoms with Crippen LogP contribution in [0.5, 0.6) is 0 Å². The van der Waals surface area contributed by atoms with Crippen LogP contribution in [0.4, 0.5) is 0 Å². The minimum absolute atomic E-state index is 0.0500. The summed E-state index contributed by atoms with van der Waals surface area (Å²) in [7, 11) is 0. The van der Waals surface area contributed by atoms with E-state index in [4.69, 9.17) is 23.2 Å². The molecule has 0 aromatic heterocycles. The zero-order valence-electron chi connectivity index (χ0n) is 4.44. The largest absolute Gasteiger partial charge is 0.243 e. The van der Waals surface area contributed by atoms with Crippen molar-refractivity contribution >= 4 is 52.6 Å². The van der Waals surface area contributed by atoms with Crippen molar-refractivity contribution in [3.05, 3.63) is 10.3 Å². The van der Waals surface area contributed by atoms with E-state index >= 15 is 0 Å². The first-order chi connectivity index (χ1) is 4.34. The predicted octanol–water partition coefficient (Wildman–Crippen LogP) is 2.49. The van der Waals surface area contributed by atoms with Gasteiger partial charge in [-0.2, -0.15) is 0 Å². The fourth-order valence-electron chi connectivity index (χ4n) is 0.397. The fourth-order valence-corrected chi connectivity index (χ4v) is 2.70. The molecule has 1 aliphatic heterocycles. The van der Waals surface area contributed by atoms with Crippen LogP contribution >= 0.6 is 43.9 Å². The third-order valence-corrected chi connectivity index (χ3v) is 4.47. The molecular weight excluding hydrogens is 272 g/mol. The number of nitrogens with zero attached hydrogens (tertiary/aromatic N) is 1. The summed E-state index contributed by atoms with van der Waals surface area (Å²) in [6.07, 6.45) is 1.74. The Morgan fingerprint density at radius 3 is 2.89 bits per heavy atom. The monoisotopic (exact) mass is 275 g/mol. The van der Waals surface area contributed by atoms with Gasteiger partial charge in [-0.25, -0.2) is 4.99 Å². The standard InChI is InChI=1S/C5H4Cl2IN/c6-3-4-5(7)9-2-1-8-4/h1-2H,3H2. The molecule has 0 bridgehead atoms. The van der Waals surface area contributed by atoms with Gasteiger partial charge in [0, 0.05) is 9.71 Å². The molecule has 0 atom stereocenters. The van der Waals surface area contributed by atoms with E-state index in [1.807, 2.05) is 4.08 Å². The molecule has 0 aliphatic carbocycles. The van der Waals surface area contributed by atoms with Gasteiger partial charge in [0.2, 0.25) is 0 Å². The van der Waals surface area contributed by atoms with E-state index in [0.29, 0.717) is 11.1 Å². The number of aliphatic imine (C=N–C) groups is 1. The second-order valence-corrected chi connectivity index (χ2v) is 4.61. The molecule has 1 rings (SSSR count). The first kappa shape index (κ1) is 7.69. The molecule has 0 radical (unpaired) electrons. The van der Waals surface area contributed by atoms with Gasteiger partial charge in [-0.1, -0.05) is 32.3 Å². The molecule has 0 saturated carbocycles. The molecule has 0 spiro atoms. The van der Waals surface area contributed by atoms with Gasteiger partial charge in [-0.15, -0.1) is 11.6 Å². The summed E-state index contributed by atoms with van der Waals surface area (Å²) in [5.74, 6) is 0.528. The highest BCUT2D eigenvalue weighted by molar-refractivity contribution is 14.2. The first-order valence-corrected chi connectivity index (χ1v) is 5.52. The SMILES string of the molecule is ClCC1=IC=CN=C1Cl. The number of hydrogen-bond donors (Lipinski definition) is 0. The molecule has 0 saturated heterocycles. The minimum Gasteiger partial charge on any atom is -0.243 e. The Kier molecular flexibility index (Phi) is 3.15. The normalized spacial score (nSPS) is 18.0. The van der Waals surface area contributed by atoms with E-state index < -0.39 is 0 Å². The molecule has 9 heavy (non-hydrogen) atoms. The van der Waals surface area contributed by atoms with Crippen molar-refractivity contribution in [2.45, 2.75) is 0 Å². The van der Waals surface area contributed by atoms with Crippen molar-refractivity contribution in [3.8, 4) is 0 Å². The topological polar surface area (TPSA) is 12.4 Å². The van der Waals surface area contributed by atoms with Crippen LogP contribution in [0.3, 0.4) is 0 Å². The number of hydrogen-bond acceptors (Lipinski definition) is 1. The minimum atomic E-state index is -0.0500. The second kappa shape index (κ2) is 3.68. The summed E-state index contributed by atoms with van der Waals surface area (Å²) < 4.78 is 3.15. The van der Waals surface area contributed by atoms with Crippen LogP contribution in [0.2, 0.25) is 0 Å². The van der Waals surface area contributed by atoms with Gasteiger partial charge in [-0.05, 0) is 4.08 Å². The Morgan fingerprint density at radius 1 is 1.67 bits per heavy atom.